The average molecular weight is 591 g/mol. The number of aliphatic hydroxyl groups excluding tert-OH is 3. The summed E-state index contributed by atoms with van der Waals surface area (Å²) in [6, 6.07) is -0.740. The lowest BCUT2D eigenvalue weighted by Gasteiger charge is -2.44. The van der Waals surface area contributed by atoms with Gasteiger partial charge < -0.3 is 49.5 Å². The maximum atomic E-state index is 13.6. The molecule has 11 heteroatoms. The molecular weight excluding hydrogens is 532 g/mol. The van der Waals surface area contributed by atoms with Crippen molar-refractivity contribution in [1.29, 1.82) is 0 Å². The van der Waals surface area contributed by atoms with E-state index in [0.717, 1.165) is 0 Å². The normalized spacial score (nSPS) is 48.4. The molecule has 2 fully saturated rings. The predicted molar refractivity (Wildman–Crippen MR) is 155 cm³/mol. The van der Waals surface area contributed by atoms with Crippen molar-refractivity contribution in [2.45, 2.75) is 141 Å². The molecule has 0 radical (unpaired) electrons. The number of likely N-dealkylation sites (N-methyl/N-ethyl adjacent to an activating group) is 2. The van der Waals surface area contributed by atoms with Crippen LogP contribution < -0.4 is 0 Å². The van der Waals surface area contributed by atoms with Gasteiger partial charge in [0.05, 0.1) is 35.9 Å². The first-order valence-electron chi connectivity index (χ1n) is 15.1. The first-order valence-corrected chi connectivity index (χ1v) is 15.1. The van der Waals surface area contributed by atoms with Crippen LogP contribution in [0.1, 0.15) is 74.7 Å². The van der Waals surface area contributed by atoms with Gasteiger partial charge in [0.25, 0.3) is 0 Å². The maximum Gasteiger partial charge on any atom is 0.311 e. The lowest BCUT2D eigenvalue weighted by atomic mass is 9.78. The minimum absolute atomic E-state index is 0.0805. The lowest BCUT2D eigenvalue weighted by Crippen LogP contribution is -2.59. The highest BCUT2D eigenvalue weighted by molar-refractivity contribution is 5.73. The van der Waals surface area contributed by atoms with Gasteiger partial charge in [-0.3, -0.25) is 4.79 Å². The third-order valence-electron chi connectivity index (χ3n) is 9.56. The topological polar surface area (TPSA) is 152 Å². The number of nitrogens with zero attached hydrogens (tertiary/aromatic N) is 2. The molecule has 0 aromatic heterocycles. The Morgan fingerprint density at radius 2 is 1.63 bits per heavy atom. The number of hydrogen-bond donors (Lipinski definition) is 5. The van der Waals surface area contributed by atoms with Crippen LogP contribution in [0.25, 0.3) is 0 Å². The van der Waals surface area contributed by atoms with E-state index >= 15 is 0 Å². The number of carbonyl (C=O) groups is 1. The van der Waals surface area contributed by atoms with Gasteiger partial charge in [0, 0.05) is 31.0 Å². The Balaban J connectivity index is 2.52. The molecule has 2 unspecified atom stereocenters. The Hall–Kier alpha value is -0.890. The Kier molecular flexibility index (Phi) is 12.6. The second-order valence-electron chi connectivity index (χ2n) is 13.6. The van der Waals surface area contributed by atoms with Gasteiger partial charge in [0.2, 0.25) is 0 Å². The lowest BCUT2D eigenvalue weighted by molar-refractivity contribution is -0.269. The monoisotopic (exact) mass is 590 g/mol. The zero-order valence-corrected chi connectivity index (χ0v) is 27.0. The standard InChI is InChI=1S/C30H58N2O9/c1-12-22-30(8,38)27(35)19(5)32(11)15-16(2)14-29(7,37)26(34)17(3)25(18(4)28(36)40-22)41-23-13-21(31(9)10)24(33)20(6)39-23/h16-27,33-35,37-38H,12-15H2,1-11H3/t16-,17+,18-,19-,20?,21?,22-,23+,24-,25+,26-,27-,29-,30-/m1/s1. The molecule has 2 saturated heterocycles. The van der Waals surface area contributed by atoms with Gasteiger partial charge in [-0.1, -0.05) is 20.8 Å². The molecule has 0 aliphatic carbocycles. The van der Waals surface area contributed by atoms with Gasteiger partial charge in [-0.25, -0.2) is 0 Å². The van der Waals surface area contributed by atoms with E-state index in [2.05, 4.69) is 0 Å². The molecule has 0 amide bonds. The molecule has 41 heavy (non-hydrogen) atoms. The van der Waals surface area contributed by atoms with Gasteiger partial charge in [-0.05, 0) is 74.5 Å². The van der Waals surface area contributed by atoms with Gasteiger partial charge in [0.1, 0.15) is 17.8 Å². The SMILES string of the molecule is CC[C@H]1OC(=O)[C@H](C)[C@@H](O[C@H]2CC(N(C)C)[C@H](O)C(C)O2)[C@H](C)[C@@H](O)[C@](C)(O)C[C@@H](C)CN(C)[C@H](C)[C@@H](O)[C@]1(C)O. The maximum absolute atomic E-state index is 13.6. The number of esters is 1. The number of hydrogen-bond acceptors (Lipinski definition) is 11. The van der Waals surface area contributed by atoms with E-state index in [-0.39, 0.29) is 24.8 Å². The van der Waals surface area contributed by atoms with Crippen LogP contribution in [-0.4, -0.2) is 135 Å². The van der Waals surface area contributed by atoms with Crippen LogP contribution >= 0.6 is 0 Å². The van der Waals surface area contributed by atoms with Crippen molar-refractivity contribution in [2.24, 2.45) is 17.8 Å². The third kappa shape index (κ3) is 8.39. The molecular formula is C30H58N2O9. The van der Waals surface area contributed by atoms with E-state index in [9.17, 15) is 30.3 Å². The van der Waals surface area contributed by atoms with Crippen LogP contribution in [-0.2, 0) is 19.0 Å². The fourth-order valence-electron chi connectivity index (χ4n) is 6.71. The minimum atomic E-state index is -1.74. The summed E-state index contributed by atoms with van der Waals surface area (Å²) in [5.74, 6) is -2.40. The quantitative estimate of drug-likeness (QED) is 0.298. The Bertz CT molecular complexity index is 841. The Morgan fingerprint density at radius 3 is 2.17 bits per heavy atom. The zero-order valence-electron chi connectivity index (χ0n) is 27.0. The summed E-state index contributed by atoms with van der Waals surface area (Å²) < 4.78 is 18.3. The van der Waals surface area contributed by atoms with Crippen molar-refractivity contribution < 1.29 is 44.5 Å². The van der Waals surface area contributed by atoms with Crippen molar-refractivity contribution in [3.8, 4) is 0 Å². The Morgan fingerprint density at radius 1 is 1.05 bits per heavy atom. The van der Waals surface area contributed by atoms with Crippen LogP contribution in [0.3, 0.4) is 0 Å². The highest BCUT2D eigenvalue weighted by atomic mass is 16.7. The summed E-state index contributed by atoms with van der Waals surface area (Å²) in [7, 11) is 5.55. The van der Waals surface area contributed by atoms with E-state index in [0.29, 0.717) is 13.0 Å². The average Bonchev–Trinajstić information content (AvgIpc) is 2.88. The number of cyclic esters (lactones) is 1. The molecule has 14 atom stereocenters. The molecule has 0 bridgehead atoms. The number of carbonyl (C=O) groups excluding carboxylic acids is 1. The predicted octanol–water partition coefficient (Wildman–Crippen LogP) is 0.976. The van der Waals surface area contributed by atoms with Crippen molar-refractivity contribution in [1.82, 2.24) is 9.80 Å². The second kappa shape index (κ2) is 14.3. The Labute approximate surface area is 246 Å². The fraction of sp³-hybridized carbons (Fsp3) is 0.967. The first kappa shape index (κ1) is 36.3. The highest BCUT2D eigenvalue weighted by Crippen LogP contribution is 2.35. The van der Waals surface area contributed by atoms with Crippen LogP contribution in [0, 0.1) is 17.8 Å². The molecule has 11 nitrogen and oxygen atoms in total. The number of aliphatic hydroxyl groups is 5. The summed E-state index contributed by atoms with van der Waals surface area (Å²) >= 11 is 0. The van der Waals surface area contributed by atoms with Crippen molar-refractivity contribution in [3.05, 3.63) is 0 Å². The molecule has 0 aromatic rings. The molecule has 2 rings (SSSR count). The van der Waals surface area contributed by atoms with E-state index < -0.39 is 78.0 Å². The van der Waals surface area contributed by atoms with Crippen LogP contribution in [0.15, 0.2) is 0 Å². The third-order valence-corrected chi connectivity index (χ3v) is 9.56. The highest BCUT2D eigenvalue weighted by Gasteiger charge is 2.49. The van der Waals surface area contributed by atoms with Crippen molar-refractivity contribution in [3.63, 3.8) is 0 Å². The van der Waals surface area contributed by atoms with Crippen molar-refractivity contribution in [2.75, 3.05) is 27.7 Å². The summed E-state index contributed by atoms with van der Waals surface area (Å²) in [6.45, 7) is 14.2. The molecule has 0 spiro atoms. The van der Waals surface area contributed by atoms with E-state index in [1.54, 1.807) is 41.5 Å². The van der Waals surface area contributed by atoms with Crippen LogP contribution in [0.5, 0.6) is 0 Å². The summed E-state index contributed by atoms with van der Waals surface area (Å²) in [6.07, 6.45) is -5.65. The minimum Gasteiger partial charge on any atom is -0.459 e. The first-order chi connectivity index (χ1) is 18.8. The molecule has 2 heterocycles. The fourth-order valence-corrected chi connectivity index (χ4v) is 6.71. The van der Waals surface area contributed by atoms with E-state index in [1.807, 2.05) is 37.9 Å². The molecule has 2 aliphatic rings. The summed E-state index contributed by atoms with van der Waals surface area (Å²) in [5.41, 5.74) is -3.27. The summed E-state index contributed by atoms with van der Waals surface area (Å²) in [4.78, 5) is 17.4. The molecule has 5 N–H and O–H groups in total. The van der Waals surface area contributed by atoms with Gasteiger partial charge in [-0.15, -0.1) is 0 Å². The smallest absolute Gasteiger partial charge is 0.311 e. The molecule has 2 aliphatic heterocycles. The van der Waals surface area contributed by atoms with Gasteiger partial charge >= 0.3 is 5.97 Å². The summed E-state index contributed by atoms with van der Waals surface area (Å²) in [5, 5.41) is 56.3. The largest absolute Gasteiger partial charge is 0.459 e. The molecule has 0 saturated carbocycles. The van der Waals surface area contributed by atoms with Crippen LogP contribution in [0.2, 0.25) is 0 Å². The van der Waals surface area contributed by atoms with Crippen LogP contribution in [0.4, 0.5) is 0 Å². The number of rotatable bonds is 4. The zero-order chi connectivity index (χ0) is 31.6. The van der Waals surface area contributed by atoms with Crippen molar-refractivity contribution >= 4 is 5.97 Å². The van der Waals surface area contributed by atoms with Gasteiger partial charge in [0.15, 0.2) is 6.29 Å². The van der Waals surface area contributed by atoms with Gasteiger partial charge in [-0.2, -0.15) is 0 Å². The van der Waals surface area contributed by atoms with E-state index in [4.69, 9.17) is 14.2 Å². The molecule has 242 valence electrons. The molecule has 0 aromatic carbocycles. The second-order valence-corrected chi connectivity index (χ2v) is 13.6. The van der Waals surface area contributed by atoms with E-state index in [1.165, 1.54) is 6.92 Å². The number of ether oxygens (including phenoxy) is 3.